The predicted molar refractivity (Wildman–Crippen MR) is 101 cm³/mol. The lowest BCUT2D eigenvalue weighted by Gasteiger charge is -2.37. The van der Waals surface area contributed by atoms with Gasteiger partial charge in [-0.15, -0.1) is 12.4 Å². The fourth-order valence-electron chi connectivity index (χ4n) is 3.82. The molecule has 0 spiro atoms. The van der Waals surface area contributed by atoms with E-state index >= 15 is 0 Å². The van der Waals surface area contributed by atoms with Gasteiger partial charge in [-0.05, 0) is 38.8 Å². The van der Waals surface area contributed by atoms with Gasteiger partial charge in [-0.3, -0.25) is 9.59 Å². The average Bonchev–Trinajstić information content (AvgIpc) is 2.62. The molecule has 1 heterocycles. The number of piperidine rings is 1. The number of halogens is 1. The van der Waals surface area contributed by atoms with E-state index in [0.29, 0.717) is 26.1 Å². The average molecular weight is 376 g/mol. The number of nitrogens with one attached hydrogen (secondary N) is 3. The van der Waals surface area contributed by atoms with Gasteiger partial charge >= 0.3 is 0 Å². The highest BCUT2D eigenvalue weighted by Crippen LogP contribution is 2.28. The first kappa shape index (κ1) is 22.2. The van der Waals surface area contributed by atoms with Crippen molar-refractivity contribution >= 4 is 24.2 Å². The number of rotatable bonds is 8. The normalized spacial score (nSPS) is 20.4. The molecule has 0 radical (unpaired) electrons. The third-order valence-electron chi connectivity index (χ3n) is 5.40. The minimum Gasteiger partial charge on any atom is -0.384 e. The maximum atomic E-state index is 12.1. The summed E-state index contributed by atoms with van der Waals surface area (Å²) < 4.78 is 5.36. The first-order valence-electron chi connectivity index (χ1n) is 9.39. The largest absolute Gasteiger partial charge is 0.384 e. The zero-order chi connectivity index (χ0) is 17.3. The number of carbonyl (C=O) groups is 2. The van der Waals surface area contributed by atoms with Crippen molar-refractivity contribution in [3.63, 3.8) is 0 Å². The van der Waals surface area contributed by atoms with E-state index in [4.69, 9.17) is 4.74 Å². The molecule has 0 bridgehead atoms. The maximum Gasteiger partial charge on any atom is 0.223 e. The molecule has 6 nitrogen and oxygen atoms in total. The number of hydrogen-bond donors (Lipinski definition) is 3. The van der Waals surface area contributed by atoms with E-state index in [1.807, 2.05) is 0 Å². The molecule has 0 aromatic heterocycles. The number of ether oxygens (including phenoxy) is 1. The van der Waals surface area contributed by atoms with E-state index < -0.39 is 0 Å². The summed E-state index contributed by atoms with van der Waals surface area (Å²) in [4.78, 5) is 24.1. The molecule has 2 rings (SSSR count). The Hall–Kier alpha value is -0.850. The summed E-state index contributed by atoms with van der Waals surface area (Å²) in [5.74, 6) is 0.284. The predicted octanol–water partition coefficient (Wildman–Crippen LogP) is 1.63. The highest BCUT2D eigenvalue weighted by atomic mass is 35.5. The van der Waals surface area contributed by atoms with Crippen molar-refractivity contribution in [1.82, 2.24) is 16.0 Å². The molecular formula is C18H34ClN3O3. The smallest absolute Gasteiger partial charge is 0.223 e. The zero-order valence-corrected chi connectivity index (χ0v) is 16.2. The Bertz CT molecular complexity index is 403. The van der Waals surface area contributed by atoms with Crippen LogP contribution in [-0.2, 0) is 14.3 Å². The number of hydrogen-bond acceptors (Lipinski definition) is 4. The number of carbonyl (C=O) groups excluding carboxylic acids is 2. The minimum absolute atomic E-state index is 0. The molecule has 7 heteroatoms. The molecule has 146 valence electrons. The lowest BCUT2D eigenvalue weighted by molar-refractivity contribution is -0.126. The van der Waals surface area contributed by atoms with Crippen LogP contribution in [0.5, 0.6) is 0 Å². The second-order valence-electron chi connectivity index (χ2n) is 7.34. The van der Waals surface area contributed by atoms with Crippen molar-refractivity contribution in [2.75, 3.05) is 39.9 Å². The standard InChI is InChI=1S/C18H33N3O3.ClH/c1-24-14-18(8-11-19-12-9-18)13-21-16(22)7-10-20-17(23)15-5-3-2-4-6-15;/h15,19H,2-14H2,1H3,(H,20,23)(H,21,22);1H. The van der Waals surface area contributed by atoms with Gasteiger partial charge in [-0.1, -0.05) is 19.3 Å². The highest BCUT2D eigenvalue weighted by Gasteiger charge is 2.32. The molecule has 0 unspecified atom stereocenters. The van der Waals surface area contributed by atoms with E-state index in [1.165, 1.54) is 6.42 Å². The molecule has 0 aromatic carbocycles. The van der Waals surface area contributed by atoms with E-state index in [2.05, 4.69) is 16.0 Å². The van der Waals surface area contributed by atoms with Crippen LogP contribution in [0.4, 0.5) is 0 Å². The quantitative estimate of drug-likeness (QED) is 0.602. The molecular weight excluding hydrogens is 342 g/mol. The maximum absolute atomic E-state index is 12.1. The second-order valence-corrected chi connectivity index (χ2v) is 7.34. The molecule has 1 aliphatic carbocycles. The van der Waals surface area contributed by atoms with Crippen LogP contribution in [0, 0.1) is 11.3 Å². The number of methoxy groups -OCH3 is 1. The van der Waals surface area contributed by atoms with Crippen LogP contribution in [-0.4, -0.2) is 51.7 Å². The fourth-order valence-corrected chi connectivity index (χ4v) is 3.82. The highest BCUT2D eigenvalue weighted by molar-refractivity contribution is 5.85. The first-order valence-corrected chi connectivity index (χ1v) is 9.39. The van der Waals surface area contributed by atoms with Gasteiger partial charge in [0.1, 0.15) is 0 Å². The summed E-state index contributed by atoms with van der Waals surface area (Å²) in [6.45, 7) is 3.69. The summed E-state index contributed by atoms with van der Waals surface area (Å²) in [6.07, 6.45) is 7.89. The fraction of sp³-hybridized carbons (Fsp3) is 0.889. The van der Waals surface area contributed by atoms with Crippen LogP contribution in [0.2, 0.25) is 0 Å². The Kier molecular flexibility index (Phi) is 10.4. The minimum atomic E-state index is 0. The van der Waals surface area contributed by atoms with E-state index in [1.54, 1.807) is 7.11 Å². The lowest BCUT2D eigenvalue weighted by atomic mass is 9.79. The van der Waals surface area contributed by atoms with Crippen LogP contribution in [0.15, 0.2) is 0 Å². The summed E-state index contributed by atoms with van der Waals surface area (Å²) in [5.41, 5.74) is 0.0427. The van der Waals surface area contributed by atoms with Crippen molar-refractivity contribution in [2.24, 2.45) is 11.3 Å². The van der Waals surface area contributed by atoms with Crippen molar-refractivity contribution in [2.45, 2.75) is 51.4 Å². The van der Waals surface area contributed by atoms with Gasteiger partial charge in [-0.25, -0.2) is 0 Å². The zero-order valence-electron chi connectivity index (χ0n) is 15.4. The topological polar surface area (TPSA) is 79.5 Å². The Morgan fingerprint density at radius 2 is 1.80 bits per heavy atom. The molecule has 1 saturated carbocycles. The summed E-state index contributed by atoms with van der Waals surface area (Å²) in [5, 5.41) is 9.30. The monoisotopic (exact) mass is 375 g/mol. The third kappa shape index (κ3) is 7.50. The van der Waals surface area contributed by atoms with Gasteiger partial charge in [0.05, 0.1) is 6.61 Å². The molecule has 3 N–H and O–H groups in total. The van der Waals surface area contributed by atoms with Gasteiger partial charge in [0.15, 0.2) is 0 Å². The molecule has 0 atom stereocenters. The van der Waals surface area contributed by atoms with Crippen molar-refractivity contribution in [1.29, 1.82) is 0 Å². The van der Waals surface area contributed by atoms with Crippen molar-refractivity contribution in [3.05, 3.63) is 0 Å². The summed E-state index contributed by atoms with van der Waals surface area (Å²) >= 11 is 0. The lowest BCUT2D eigenvalue weighted by Crippen LogP contribution is -2.47. The van der Waals surface area contributed by atoms with Crippen LogP contribution >= 0.6 is 12.4 Å². The summed E-state index contributed by atoms with van der Waals surface area (Å²) in [6, 6.07) is 0. The molecule has 2 fully saturated rings. The van der Waals surface area contributed by atoms with Gasteiger partial charge in [0, 0.05) is 38.0 Å². The van der Waals surface area contributed by atoms with Crippen molar-refractivity contribution in [3.8, 4) is 0 Å². The molecule has 25 heavy (non-hydrogen) atoms. The van der Waals surface area contributed by atoms with Gasteiger partial charge in [0.25, 0.3) is 0 Å². The Balaban J connectivity index is 0.00000312. The Labute approximate surface area is 157 Å². The summed E-state index contributed by atoms with van der Waals surface area (Å²) in [7, 11) is 1.71. The van der Waals surface area contributed by atoms with E-state index in [0.717, 1.165) is 51.6 Å². The second kappa shape index (κ2) is 11.7. The first-order chi connectivity index (χ1) is 11.7. The number of amides is 2. The van der Waals surface area contributed by atoms with E-state index in [9.17, 15) is 9.59 Å². The van der Waals surface area contributed by atoms with Gasteiger partial charge < -0.3 is 20.7 Å². The van der Waals surface area contributed by atoms with Crippen LogP contribution in [0.25, 0.3) is 0 Å². The van der Waals surface area contributed by atoms with Crippen molar-refractivity contribution < 1.29 is 14.3 Å². The Morgan fingerprint density at radius 1 is 1.12 bits per heavy atom. The van der Waals surface area contributed by atoms with Gasteiger partial charge in [-0.2, -0.15) is 0 Å². The molecule has 2 amide bonds. The van der Waals surface area contributed by atoms with Crippen LogP contribution in [0.3, 0.4) is 0 Å². The third-order valence-corrected chi connectivity index (χ3v) is 5.40. The Morgan fingerprint density at radius 3 is 2.44 bits per heavy atom. The molecule has 0 aromatic rings. The van der Waals surface area contributed by atoms with E-state index in [-0.39, 0.29) is 35.6 Å². The SMILES string of the molecule is COCC1(CNC(=O)CCNC(=O)C2CCCCC2)CCNCC1.Cl. The van der Waals surface area contributed by atoms with Crippen LogP contribution in [0.1, 0.15) is 51.4 Å². The molecule has 2 aliphatic rings. The molecule has 1 aliphatic heterocycles. The van der Waals surface area contributed by atoms with Gasteiger partial charge in [0.2, 0.25) is 11.8 Å². The molecule has 1 saturated heterocycles. The van der Waals surface area contributed by atoms with Crippen LogP contribution < -0.4 is 16.0 Å².